The number of piperidine rings is 1. The zero-order valence-electron chi connectivity index (χ0n) is 9.94. The molecule has 0 spiro atoms. The van der Waals surface area contributed by atoms with E-state index in [4.69, 9.17) is 0 Å². The summed E-state index contributed by atoms with van der Waals surface area (Å²) in [6, 6.07) is 4.34. The van der Waals surface area contributed by atoms with Crippen molar-refractivity contribution in [3.63, 3.8) is 0 Å². The van der Waals surface area contributed by atoms with Crippen LogP contribution in [0.4, 0.5) is 0 Å². The molecule has 3 heteroatoms. The van der Waals surface area contributed by atoms with E-state index < -0.39 is 0 Å². The Bertz CT molecular complexity index is 372. The molecule has 1 amide bonds. The fourth-order valence-electron chi connectivity index (χ4n) is 2.33. The van der Waals surface area contributed by atoms with E-state index in [-0.39, 0.29) is 11.9 Å². The molecule has 1 aliphatic heterocycles. The van der Waals surface area contributed by atoms with Crippen molar-refractivity contribution in [1.29, 1.82) is 0 Å². The van der Waals surface area contributed by atoms with Gasteiger partial charge in [-0.2, -0.15) is 0 Å². The van der Waals surface area contributed by atoms with Crippen LogP contribution in [-0.4, -0.2) is 22.3 Å². The van der Waals surface area contributed by atoms with Gasteiger partial charge in [-0.25, -0.2) is 0 Å². The van der Waals surface area contributed by atoms with E-state index in [0.717, 1.165) is 25.1 Å². The molecule has 0 saturated carbocycles. The molecule has 0 radical (unpaired) electrons. The molecule has 2 heterocycles. The number of aromatic nitrogens is 1. The molecular weight excluding hydrogens is 200 g/mol. The lowest BCUT2D eigenvalue weighted by molar-refractivity contribution is -0.132. The summed E-state index contributed by atoms with van der Waals surface area (Å²) in [6.45, 7) is 4.52. The highest BCUT2D eigenvalue weighted by molar-refractivity contribution is 5.73. The minimum atomic E-state index is 0.172. The van der Waals surface area contributed by atoms with Crippen LogP contribution in [0.15, 0.2) is 18.3 Å². The molecule has 0 aromatic carbocycles. The molecule has 1 aromatic heterocycles. The predicted molar refractivity (Wildman–Crippen MR) is 63.0 cm³/mol. The standard InChI is InChI=1S/C13H18N2O/c1-10-6-7-12(9-14-10)13-5-3-4-8-15(13)11(2)16/h6-7,9,13H,3-5,8H2,1-2H3/t13-/m1/s1. The van der Waals surface area contributed by atoms with Gasteiger partial charge >= 0.3 is 0 Å². The van der Waals surface area contributed by atoms with Gasteiger partial charge in [-0.05, 0) is 37.8 Å². The Labute approximate surface area is 96.5 Å². The zero-order valence-corrected chi connectivity index (χ0v) is 9.94. The van der Waals surface area contributed by atoms with Gasteiger partial charge < -0.3 is 4.90 Å². The molecule has 86 valence electrons. The van der Waals surface area contributed by atoms with E-state index >= 15 is 0 Å². The number of amides is 1. The van der Waals surface area contributed by atoms with Crippen molar-refractivity contribution in [1.82, 2.24) is 9.88 Å². The summed E-state index contributed by atoms with van der Waals surface area (Å²) in [5, 5.41) is 0. The monoisotopic (exact) mass is 218 g/mol. The molecule has 1 atom stereocenters. The number of carbonyl (C=O) groups is 1. The van der Waals surface area contributed by atoms with Crippen LogP contribution in [0.3, 0.4) is 0 Å². The third kappa shape index (κ3) is 2.23. The summed E-state index contributed by atoms with van der Waals surface area (Å²) in [7, 11) is 0. The molecule has 1 aliphatic rings. The number of likely N-dealkylation sites (tertiary alicyclic amines) is 1. The van der Waals surface area contributed by atoms with Crippen LogP contribution < -0.4 is 0 Å². The summed E-state index contributed by atoms with van der Waals surface area (Å²) in [4.78, 5) is 17.8. The van der Waals surface area contributed by atoms with Crippen LogP contribution in [0.2, 0.25) is 0 Å². The first-order chi connectivity index (χ1) is 7.68. The first-order valence-electron chi connectivity index (χ1n) is 5.88. The molecule has 0 unspecified atom stereocenters. The Morgan fingerprint density at radius 2 is 2.25 bits per heavy atom. The third-order valence-corrected chi connectivity index (χ3v) is 3.23. The Balaban J connectivity index is 2.23. The zero-order chi connectivity index (χ0) is 11.5. The predicted octanol–water partition coefficient (Wildman–Crippen LogP) is 2.46. The van der Waals surface area contributed by atoms with Crippen molar-refractivity contribution in [3.05, 3.63) is 29.6 Å². The number of nitrogens with zero attached hydrogens (tertiary/aromatic N) is 2. The van der Waals surface area contributed by atoms with E-state index in [1.54, 1.807) is 6.92 Å². The van der Waals surface area contributed by atoms with Gasteiger partial charge in [0.2, 0.25) is 5.91 Å². The van der Waals surface area contributed by atoms with Crippen LogP contribution in [0.1, 0.15) is 43.5 Å². The average molecular weight is 218 g/mol. The Hall–Kier alpha value is -1.38. The van der Waals surface area contributed by atoms with Gasteiger partial charge in [-0.1, -0.05) is 6.07 Å². The minimum Gasteiger partial charge on any atom is -0.336 e. The maximum Gasteiger partial charge on any atom is 0.219 e. The topological polar surface area (TPSA) is 33.2 Å². The van der Waals surface area contributed by atoms with Crippen LogP contribution in [0.5, 0.6) is 0 Å². The summed E-state index contributed by atoms with van der Waals surface area (Å²) in [5.41, 5.74) is 2.19. The van der Waals surface area contributed by atoms with Crippen molar-refractivity contribution in [2.24, 2.45) is 0 Å². The minimum absolute atomic E-state index is 0.172. The van der Waals surface area contributed by atoms with Gasteiger partial charge in [0.05, 0.1) is 6.04 Å². The van der Waals surface area contributed by atoms with E-state index in [0.29, 0.717) is 0 Å². The quantitative estimate of drug-likeness (QED) is 0.725. The smallest absolute Gasteiger partial charge is 0.219 e. The molecule has 16 heavy (non-hydrogen) atoms. The lowest BCUT2D eigenvalue weighted by atomic mass is 9.96. The van der Waals surface area contributed by atoms with Gasteiger partial charge in [0.25, 0.3) is 0 Å². The van der Waals surface area contributed by atoms with Gasteiger partial charge in [-0.3, -0.25) is 9.78 Å². The lowest BCUT2D eigenvalue weighted by Crippen LogP contribution is -2.36. The van der Waals surface area contributed by atoms with Crippen molar-refractivity contribution in [3.8, 4) is 0 Å². The van der Waals surface area contributed by atoms with Crippen LogP contribution >= 0.6 is 0 Å². The van der Waals surface area contributed by atoms with Crippen molar-refractivity contribution >= 4 is 5.91 Å². The number of carbonyl (C=O) groups excluding carboxylic acids is 1. The van der Waals surface area contributed by atoms with Crippen LogP contribution in [0.25, 0.3) is 0 Å². The number of rotatable bonds is 1. The van der Waals surface area contributed by atoms with Crippen LogP contribution in [0, 0.1) is 6.92 Å². The number of hydrogen-bond donors (Lipinski definition) is 0. The highest BCUT2D eigenvalue weighted by Gasteiger charge is 2.25. The summed E-state index contributed by atoms with van der Waals surface area (Å²) in [5.74, 6) is 0.172. The summed E-state index contributed by atoms with van der Waals surface area (Å²) >= 11 is 0. The molecule has 1 saturated heterocycles. The maximum atomic E-state index is 11.6. The second-order valence-electron chi connectivity index (χ2n) is 4.46. The maximum absolute atomic E-state index is 11.6. The number of aryl methyl sites for hydroxylation is 1. The molecule has 0 aliphatic carbocycles. The van der Waals surface area contributed by atoms with Crippen molar-refractivity contribution in [2.75, 3.05) is 6.54 Å². The van der Waals surface area contributed by atoms with Crippen LogP contribution in [-0.2, 0) is 4.79 Å². The summed E-state index contributed by atoms with van der Waals surface area (Å²) in [6.07, 6.45) is 5.28. The van der Waals surface area contributed by atoms with Gasteiger partial charge in [0.1, 0.15) is 0 Å². The van der Waals surface area contributed by atoms with Gasteiger partial charge in [-0.15, -0.1) is 0 Å². The highest BCUT2D eigenvalue weighted by Crippen LogP contribution is 2.30. The molecule has 3 nitrogen and oxygen atoms in total. The first kappa shape index (κ1) is 11.1. The molecular formula is C13H18N2O. The number of hydrogen-bond acceptors (Lipinski definition) is 2. The Morgan fingerprint density at radius 1 is 1.44 bits per heavy atom. The van der Waals surface area contributed by atoms with Crippen molar-refractivity contribution < 1.29 is 4.79 Å². The molecule has 1 fully saturated rings. The number of pyridine rings is 1. The normalized spacial score (nSPS) is 20.9. The average Bonchev–Trinajstić information content (AvgIpc) is 2.30. The second kappa shape index (κ2) is 4.64. The molecule has 2 rings (SSSR count). The van der Waals surface area contributed by atoms with E-state index in [2.05, 4.69) is 11.1 Å². The molecule has 0 bridgehead atoms. The van der Waals surface area contributed by atoms with Crippen molar-refractivity contribution in [2.45, 2.75) is 39.2 Å². The fraction of sp³-hybridized carbons (Fsp3) is 0.538. The Kier molecular flexibility index (Phi) is 3.22. The van der Waals surface area contributed by atoms with Gasteiger partial charge in [0, 0.05) is 25.4 Å². The van der Waals surface area contributed by atoms with E-state index in [1.165, 1.54) is 12.0 Å². The third-order valence-electron chi connectivity index (χ3n) is 3.23. The molecule has 0 N–H and O–H groups in total. The second-order valence-corrected chi connectivity index (χ2v) is 4.46. The summed E-state index contributed by atoms with van der Waals surface area (Å²) < 4.78 is 0. The van der Waals surface area contributed by atoms with E-state index in [9.17, 15) is 4.79 Å². The highest BCUT2D eigenvalue weighted by atomic mass is 16.2. The first-order valence-corrected chi connectivity index (χ1v) is 5.88. The van der Waals surface area contributed by atoms with E-state index in [1.807, 2.05) is 24.1 Å². The SMILES string of the molecule is CC(=O)N1CCCC[C@@H]1c1ccc(C)nc1. The molecule has 1 aromatic rings. The van der Waals surface area contributed by atoms with Gasteiger partial charge in [0.15, 0.2) is 0 Å². The lowest BCUT2D eigenvalue weighted by Gasteiger charge is -2.35. The largest absolute Gasteiger partial charge is 0.336 e. The fourth-order valence-corrected chi connectivity index (χ4v) is 2.33. The Morgan fingerprint density at radius 3 is 2.88 bits per heavy atom.